The van der Waals surface area contributed by atoms with Gasteiger partial charge in [-0.2, -0.15) is 0 Å². The van der Waals surface area contributed by atoms with Gasteiger partial charge in [0.15, 0.2) is 5.65 Å². The zero-order valence-electron chi connectivity index (χ0n) is 18.1. The zero-order valence-corrected chi connectivity index (χ0v) is 18.1. The molecule has 0 unspecified atom stereocenters. The predicted molar refractivity (Wildman–Crippen MR) is 124 cm³/mol. The Kier molecular flexibility index (Phi) is 5.25. The van der Waals surface area contributed by atoms with Crippen LogP contribution in [0.25, 0.3) is 22.3 Å². The third kappa shape index (κ3) is 3.91. The number of imidazole rings is 1. The minimum Gasteiger partial charge on any atom is -0.324 e. The van der Waals surface area contributed by atoms with Crippen LogP contribution in [0.1, 0.15) is 18.9 Å². The first-order chi connectivity index (χ1) is 16.0. The zero-order chi connectivity index (χ0) is 22.9. The molecule has 1 aliphatic heterocycles. The third-order valence-electron chi connectivity index (χ3n) is 6.05. The lowest BCUT2D eigenvalue weighted by Gasteiger charge is -2.32. The molecule has 10 nitrogen and oxygen atoms in total. The van der Waals surface area contributed by atoms with Gasteiger partial charge in [0, 0.05) is 56.5 Å². The van der Waals surface area contributed by atoms with E-state index in [-0.39, 0.29) is 29.0 Å². The van der Waals surface area contributed by atoms with Gasteiger partial charge < -0.3 is 14.8 Å². The number of carbonyl (C=O) groups is 1. The molecule has 4 aromatic rings. The van der Waals surface area contributed by atoms with Gasteiger partial charge in [0.2, 0.25) is 0 Å². The van der Waals surface area contributed by atoms with Crippen molar-refractivity contribution in [1.82, 2.24) is 29.0 Å². The summed E-state index contributed by atoms with van der Waals surface area (Å²) in [6, 6.07) is 8.69. The summed E-state index contributed by atoms with van der Waals surface area (Å²) in [6.45, 7) is 0.945. The van der Waals surface area contributed by atoms with Crippen LogP contribution in [-0.4, -0.2) is 48.1 Å². The van der Waals surface area contributed by atoms with Crippen LogP contribution < -0.4 is 16.6 Å². The van der Waals surface area contributed by atoms with E-state index in [9.17, 15) is 14.4 Å². The van der Waals surface area contributed by atoms with E-state index >= 15 is 0 Å². The van der Waals surface area contributed by atoms with E-state index in [1.54, 1.807) is 53.4 Å². The molecule has 168 valence electrons. The summed E-state index contributed by atoms with van der Waals surface area (Å²) in [4.78, 5) is 50.7. The number of pyridine rings is 3. The molecule has 0 saturated carbocycles. The SMILES string of the molecule is Cn1cc(-c2ccncc2)cc(NC(=O)N2CCC(n3c(=O)[nH]c4ncccc43)CC2)c1=O. The van der Waals surface area contributed by atoms with Crippen LogP contribution in [0.15, 0.2) is 64.7 Å². The standard InChI is InChI=1S/C23H23N7O3/c1-28-14-16(15-4-9-24-10-5-15)13-18(21(28)31)26-22(32)29-11-6-17(7-12-29)30-19-3-2-8-25-20(19)27-23(30)33/h2-5,8-10,13-14,17H,6-7,11-12H2,1H3,(H,26,32)(H,25,27,33). The van der Waals surface area contributed by atoms with Crippen molar-refractivity contribution in [3.8, 4) is 11.1 Å². The maximum atomic E-state index is 12.9. The number of amides is 2. The quantitative estimate of drug-likeness (QED) is 0.502. The topological polar surface area (TPSA) is 118 Å². The second kappa shape index (κ2) is 8.38. The third-order valence-corrected chi connectivity index (χ3v) is 6.05. The lowest BCUT2D eigenvalue weighted by atomic mass is 10.0. The summed E-state index contributed by atoms with van der Waals surface area (Å²) in [5.74, 6) is 0. The van der Waals surface area contributed by atoms with Crippen LogP contribution in [-0.2, 0) is 7.05 Å². The number of likely N-dealkylation sites (tertiary alicyclic amines) is 1. The van der Waals surface area contributed by atoms with Crippen molar-refractivity contribution in [2.75, 3.05) is 18.4 Å². The number of piperidine rings is 1. The minimum absolute atomic E-state index is 0.0256. The highest BCUT2D eigenvalue weighted by atomic mass is 16.2. The lowest BCUT2D eigenvalue weighted by Crippen LogP contribution is -2.43. The Labute approximate surface area is 188 Å². The van der Waals surface area contributed by atoms with Crippen molar-refractivity contribution < 1.29 is 4.79 Å². The molecule has 2 N–H and O–H groups in total. The van der Waals surface area contributed by atoms with Crippen LogP contribution in [0.3, 0.4) is 0 Å². The van der Waals surface area contributed by atoms with Crippen molar-refractivity contribution >= 4 is 22.9 Å². The summed E-state index contributed by atoms with van der Waals surface area (Å²) in [5.41, 5.74) is 2.78. The van der Waals surface area contributed by atoms with Crippen molar-refractivity contribution in [2.45, 2.75) is 18.9 Å². The predicted octanol–water partition coefficient (Wildman–Crippen LogP) is 2.35. The Morgan fingerprint density at radius 2 is 1.85 bits per heavy atom. The number of aryl methyl sites for hydroxylation is 1. The fraction of sp³-hybridized carbons (Fsp3) is 0.261. The molecule has 0 aromatic carbocycles. The monoisotopic (exact) mass is 445 g/mol. The van der Waals surface area contributed by atoms with Gasteiger partial charge in [-0.05, 0) is 48.7 Å². The highest BCUT2D eigenvalue weighted by molar-refractivity contribution is 5.90. The number of anilines is 1. The van der Waals surface area contributed by atoms with Crippen LogP contribution in [0.2, 0.25) is 0 Å². The Morgan fingerprint density at radius 3 is 2.61 bits per heavy atom. The Balaban J connectivity index is 1.31. The fourth-order valence-corrected chi connectivity index (χ4v) is 4.35. The number of H-pyrrole nitrogens is 1. The second-order valence-corrected chi connectivity index (χ2v) is 8.11. The second-order valence-electron chi connectivity index (χ2n) is 8.11. The Morgan fingerprint density at radius 1 is 1.09 bits per heavy atom. The van der Waals surface area contributed by atoms with Crippen LogP contribution >= 0.6 is 0 Å². The maximum absolute atomic E-state index is 12.9. The number of urea groups is 1. The van der Waals surface area contributed by atoms with E-state index in [0.717, 1.165) is 16.6 Å². The van der Waals surface area contributed by atoms with E-state index in [2.05, 4.69) is 20.3 Å². The highest BCUT2D eigenvalue weighted by Crippen LogP contribution is 2.25. The van der Waals surface area contributed by atoms with Crippen LogP contribution in [0, 0.1) is 0 Å². The number of fused-ring (bicyclic) bond motifs is 1. The Bertz CT molecular complexity index is 1430. The Hall–Kier alpha value is -4.21. The van der Waals surface area contributed by atoms with E-state index in [1.165, 1.54) is 4.57 Å². The molecule has 0 spiro atoms. The fourth-order valence-electron chi connectivity index (χ4n) is 4.35. The first-order valence-corrected chi connectivity index (χ1v) is 10.7. The van der Waals surface area contributed by atoms with Crippen molar-refractivity contribution in [1.29, 1.82) is 0 Å². The van der Waals surface area contributed by atoms with E-state index in [1.807, 2.05) is 18.2 Å². The number of nitrogens with one attached hydrogen (secondary N) is 2. The molecular weight excluding hydrogens is 422 g/mol. The average molecular weight is 445 g/mol. The first-order valence-electron chi connectivity index (χ1n) is 10.7. The molecule has 10 heteroatoms. The summed E-state index contributed by atoms with van der Waals surface area (Å²) in [7, 11) is 1.65. The molecule has 4 aromatic heterocycles. The number of rotatable bonds is 3. The molecule has 33 heavy (non-hydrogen) atoms. The van der Waals surface area contributed by atoms with E-state index in [4.69, 9.17) is 0 Å². The molecule has 0 bridgehead atoms. The normalized spacial score (nSPS) is 14.5. The molecule has 0 radical (unpaired) electrons. The molecule has 0 aliphatic carbocycles. The summed E-state index contributed by atoms with van der Waals surface area (Å²) in [5, 5.41) is 2.77. The smallest absolute Gasteiger partial charge is 0.324 e. The van der Waals surface area contributed by atoms with Gasteiger partial charge >= 0.3 is 11.7 Å². The highest BCUT2D eigenvalue weighted by Gasteiger charge is 2.26. The molecular formula is C23H23N7O3. The minimum atomic E-state index is -0.328. The summed E-state index contributed by atoms with van der Waals surface area (Å²) >= 11 is 0. The average Bonchev–Trinajstić information content (AvgIpc) is 3.18. The number of nitrogens with zero attached hydrogens (tertiary/aromatic N) is 5. The van der Waals surface area contributed by atoms with E-state index in [0.29, 0.717) is 31.6 Å². The van der Waals surface area contributed by atoms with Crippen LogP contribution in [0.5, 0.6) is 0 Å². The molecule has 2 amide bonds. The maximum Gasteiger partial charge on any atom is 0.327 e. The number of aromatic nitrogens is 5. The number of hydrogen-bond acceptors (Lipinski definition) is 5. The summed E-state index contributed by atoms with van der Waals surface area (Å²) in [6.07, 6.45) is 7.99. The van der Waals surface area contributed by atoms with Crippen molar-refractivity contribution in [2.24, 2.45) is 7.05 Å². The summed E-state index contributed by atoms with van der Waals surface area (Å²) < 4.78 is 3.18. The van der Waals surface area contributed by atoms with Gasteiger partial charge in [0.25, 0.3) is 5.56 Å². The molecule has 1 fully saturated rings. The molecule has 5 heterocycles. The first kappa shape index (κ1) is 20.7. The van der Waals surface area contributed by atoms with Crippen molar-refractivity contribution in [3.05, 3.63) is 76.0 Å². The lowest BCUT2D eigenvalue weighted by molar-refractivity contribution is 0.184. The van der Waals surface area contributed by atoms with Gasteiger partial charge in [-0.15, -0.1) is 0 Å². The molecule has 1 saturated heterocycles. The van der Waals surface area contributed by atoms with E-state index < -0.39 is 0 Å². The largest absolute Gasteiger partial charge is 0.327 e. The van der Waals surface area contributed by atoms with Gasteiger partial charge in [0.05, 0.1) is 5.52 Å². The van der Waals surface area contributed by atoms with Gasteiger partial charge in [-0.25, -0.2) is 14.6 Å². The van der Waals surface area contributed by atoms with Crippen LogP contribution in [0.4, 0.5) is 10.5 Å². The molecule has 5 rings (SSSR count). The number of hydrogen-bond donors (Lipinski definition) is 2. The number of aromatic amines is 1. The van der Waals surface area contributed by atoms with Gasteiger partial charge in [-0.3, -0.25) is 19.3 Å². The van der Waals surface area contributed by atoms with Gasteiger partial charge in [0.1, 0.15) is 5.69 Å². The number of carbonyl (C=O) groups excluding carboxylic acids is 1. The molecule has 0 atom stereocenters. The van der Waals surface area contributed by atoms with Crippen molar-refractivity contribution in [3.63, 3.8) is 0 Å². The van der Waals surface area contributed by atoms with Gasteiger partial charge in [-0.1, -0.05) is 0 Å². The molecule has 1 aliphatic rings.